The van der Waals surface area contributed by atoms with Crippen molar-refractivity contribution in [1.82, 2.24) is 4.90 Å². The van der Waals surface area contributed by atoms with E-state index in [1.54, 1.807) is 0 Å². The number of nitrogens with zero attached hydrogens (tertiary/aromatic N) is 1. The number of piperidine rings is 1. The zero-order valence-electron chi connectivity index (χ0n) is 13.4. The number of anilines is 1. The fraction of sp³-hybridized carbons (Fsp3) is 0.588. The molecule has 0 aliphatic carbocycles. The summed E-state index contributed by atoms with van der Waals surface area (Å²) in [6.07, 6.45) is 3.35. The van der Waals surface area contributed by atoms with E-state index in [2.05, 4.69) is 19.2 Å². The number of carbonyl (C=O) groups excluding carboxylic acids is 1. The minimum atomic E-state index is 0.00157. The van der Waals surface area contributed by atoms with Crippen LogP contribution in [0.1, 0.15) is 51.6 Å². The van der Waals surface area contributed by atoms with Crippen LogP contribution < -0.4 is 11.1 Å². The van der Waals surface area contributed by atoms with Crippen LogP contribution in [-0.4, -0.2) is 24.0 Å². The topological polar surface area (TPSA) is 58.4 Å². The van der Waals surface area contributed by atoms with Gasteiger partial charge in [-0.25, -0.2) is 4.79 Å². The molecule has 4 nitrogen and oxygen atoms in total. The van der Waals surface area contributed by atoms with Crippen LogP contribution in [0.2, 0.25) is 0 Å². The first-order valence-electron chi connectivity index (χ1n) is 7.85. The summed E-state index contributed by atoms with van der Waals surface area (Å²) in [5, 5.41) is 2.97. The molecule has 21 heavy (non-hydrogen) atoms. The highest BCUT2D eigenvalue weighted by Crippen LogP contribution is 2.34. The third kappa shape index (κ3) is 3.97. The van der Waals surface area contributed by atoms with E-state index in [1.165, 1.54) is 6.42 Å². The maximum Gasteiger partial charge on any atom is 0.321 e. The van der Waals surface area contributed by atoms with E-state index >= 15 is 0 Å². The van der Waals surface area contributed by atoms with Crippen molar-refractivity contribution in [2.75, 3.05) is 18.4 Å². The SMILES string of the molecule is CCC1(C)CCN(C(=O)Nc2ccc(C(C)N)cc2)CC1. The van der Waals surface area contributed by atoms with E-state index in [0.717, 1.165) is 37.2 Å². The zero-order chi connectivity index (χ0) is 15.5. The van der Waals surface area contributed by atoms with Gasteiger partial charge in [-0.2, -0.15) is 0 Å². The van der Waals surface area contributed by atoms with Gasteiger partial charge in [0.2, 0.25) is 0 Å². The van der Waals surface area contributed by atoms with E-state index in [0.29, 0.717) is 5.41 Å². The van der Waals surface area contributed by atoms with Gasteiger partial charge in [-0.1, -0.05) is 32.4 Å². The number of urea groups is 1. The third-order valence-electron chi connectivity index (χ3n) is 4.80. The third-order valence-corrected chi connectivity index (χ3v) is 4.80. The predicted molar refractivity (Wildman–Crippen MR) is 87.3 cm³/mol. The van der Waals surface area contributed by atoms with Crippen molar-refractivity contribution >= 4 is 11.7 Å². The van der Waals surface area contributed by atoms with Crippen molar-refractivity contribution in [2.24, 2.45) is 11.1 Å². The Morgan fingerprint density at radius 3 is 2.38 bits per heavy atom. The van der Waals surface area contributed by atoms with Crippen LogP contribution in [0.3, 0.4) is 0 Å². The van der Waals surface area contributed by atoms with E-state index in [1.807, 2.05) is 36.1 Å². The second-order valence-electron chi connectivity index (χ2n) is 6.49. The van der Waals surface area contributed by atoms with Crippen LogP contribution in [0.5, 0.6) is 0 Å². The van der Waals surface area contributed by atoms with Gasteiger partial charge in [-0.05, 0) is 42.9 Å². The molecule has 1 aliphatic rings. The fourth-order valence-corrected chi connectivity index (χ4v) is 2.68. The standard InChI is InChI=1S/C17H27N3O/c1-4-17(3)9-11-20(12-10-17)16(21)19-15-7-5-14(6-8-15)13(2)18/h5-8,13H,4,9-12,18H2,1-3H3,(H,19,21). The highest BCUT2D eigenvalue weighted by Gasteiger charge is 2.30. The molecule has 0 aromatic heterocycles. The second-order valence-corrected chi connectivity index (χ2v) is 6.49. The van der Waals surface area contributed by atoms with Gasteiger partial charge < -0.3 is 16.0 Å². The second kappa shape index (κ2) is 6.48. The molecule has 1 aromatic rings. The van der Waals surface area contributed by atoms with E-state index < -0.39 is 0 Å². The van der Waals surface area contributed by atoms with E-state index in [-0.39, 0.29) is 12.1 Å². The molecule has 0 radical (unpaired) electrons. The first-order chi connectivity index (χ1) is 9.93. The van der Waals surface area contributed by atoms with Crippen LogP contribution in [-0.2, 0) is 0 Å². The van der Waals surface area contributed by atoms with Crippen LogP contribution in [0.4, 0.5) is 10.5 Å². The summed E-state index contributed by atoms with van der Waals surface area (Å²) in [4.78, 5) is 14.2. The number of benzene rings is 1. The molecule has 2 amide bonds. The first-order valence-corrected chi connectivity index (χ1v) is 7.85. The molecule has 0 spiro atoms. The summed E-state index contributed by atoms with van der Waals surface area (Å²) in [5.41, 5.74) is 8.12. The first kappa shape index (κ1) is 15.8. The minimum Gasteiger partial charge on any atom is -0.324 e. The number of hydrogen-bond acceptors (Lipinski definition) is 2. The van der Waals surface area contributed by atoms with Gasteiger partial charge in [0.15, 0.2) is 0 Å². The van der Waals surface area contributed by atoms with Gasteiger partial charge in [-0.15, -0.1) is 0 Å². The summed E-state index contributed by atoms with van der Waals surface area (Å²) < 4.78 is 0. The van der Waals surface area contributed by atoms with Crippen molar-refractivity contribution in [3.8, 4) is 0 Å². The lowest BCUT2D eigenvalue weighted by Gasteiger charge is -2.38. The van der Waals surface area contributed by atoms with Crippen LogP contribution >= 0.6 is 0 Å². The number of nitrogens with one attached hydrogen (secondary N) is 1. The molecule has 3 N–H and O–H groups in total. The number of amides is 2. The van der Waals surface area contributed by atoms with E-state index in [9.17, 15) is 4.79 Å². The smallest absolute Gasteiger partial charge is 0.321 e. The molecule has 1 aliphatic heterocycles. The molecule has 1 heterocycles. The molecule has 2 rings (SSSR count). The molecule has 1 saturated heterocycles. The Kier molecular flexibility index (Phi) is 4.88. The lowest BCUT2D eigenvalue weighted by molar-refractivity contribution is 0.133. The largest absolute Gasteiger partial charge is 0.324 e. The molecular formula is C17H27N3O. The maximum absolute atomic E-state index is 12.3. The van der Waals surface area contributed by atoms with Crippen molar-refractivity contribution in [1.29, 1.82) is 0 Å². The van der Waals surface area contributed by atoms with Crippen LogP contribution in [0.25, 0.3) is 0 Å². The van der Waals surface area contributed by atoms with Crippen molar-refractivity contribution in [3.63, 3.8) is 0 Å². The Labute approximate surface area is 127 Å². The van der Waals surface area contributed by atoms with Crippen molar-refractivity contribution < 1.29 is 4.79 Å². The lowest BCUT2D eigenvalue weighted by atomic mass is 9.78. The number of likely N-dealkylation sites (tertiary alicyclic amines) is 1. The average molecular weight is 289 g/mol. The predicted octanol–water partition coefficient (Wildman–Crippen LogP) is 3.75. The van der Waals surface area contributed by atoms with E-state index in [4.69, 9.17) is 5.73 Å². The number of rotatable bonds is 3. The summed E-state index contributed by atoms with van der Waals surface area (Å²) in [7, 11) is 0. The van der Waals surface area contributed by atoms with Gasteiger partial charge in [0, 0.05) is 24.8 Å². The molecule has 0 saturated carbocycles. The van der Waals surface area contributed by atoms with Gasteiger partial charge in [0.25, 0.3) is 0 Å². The fourth-order valence-electron chi connectivity index (χ4n) is 2.68. The zero-order valence-corrected chi connectivity index (χ0v) is 13.4. The maximum atomic E-state index is 12.3. The summed E-state index contributed by atoms with van der Waals surface area (Å²) >= 11 is 0. The Morgan fingerprint density at radius 1 is 1.33 bits per heavy atom. The highest BCUT2D eigenvalue weighted by atomic mass is 16.2. The Morgan fingerprint density at radius 2 is 1.90 bits per heavy atom. The molecular weight excluding hydrogens is 262 g/mol. The normalized spacial score (nSPS) is 19.1. The average Bonchev–Trinajstić information content (AvgIpc) is 2.48. The monoisotopic (exact) mass is 289 g/mol. The van der Waals surface area contributed by atoms with Crippen molar-refractivity contribution in [2.45, 2.75) is 46.1 Å². The highest BCUT2D eigenvalue weighted by molar-refractivity contribution is 5.89. The Balaban J connectivity index is 1.90. The van der Waals surface area contributed by atoms with Gasteiger partial charge in [0.05, 0.1) is 0 Å². The van der Waals surface area contributed by atoms with Crippen LogP contribution in [0, 0.1) is 5.41 Å². The molecule has 1 aromatic carbocycles. The molecule has 1 fully saturated rings. The Bertz CT molecular complexity index is 473. The van der Waals surface area contributed by atoms with Crippen molar-refractivity contribution in [3.05, 3.63) is 29.8 Å². The lowest BCUT2D eigenvalue weighted by Crippen LogP contribution is -2.43. The quantitative estimate of drug-likeness (QED) is 0.890. The number of hydrogen-bond donors (Lipinski definition) is 2. The van der Waals surface area contributed by atoms with Gasteiger partial charge >= 0.3 is 6.03 Å². The molecule has 1 unspecified atom stereocenters. The summed E-state index contributed by atoms with van der Waals surface area (Å²) in [6.45, 7) is 8.18. The molecule has 1 atom stereocenters. The molecule has 0 bridgehead atoms. The molecule has 4 heteroatoms. The summed E-state index contributed by atoms with van der Waals surface area (Å²) in [6, 6.07) is 7.77. The molecule has 116 valence electrons. The minimum absolute atomic E-state index is 0.00157. The van der Waals surface area contributed by atoms with Gasteiger partial charge in [-0.3, -0.25) is 0 Å². The Hall–Kier alpha value is -1.55. The van der Waals surface area contributed by atoms with Gasteiger partial charge in [0.1, 0.15) is 0 Å². The summed E-state index contributed by atoms with van der Waals surface area (Å²) in [5.74, 6) is 0. The number of carbonyl (C=O) groups is 1. The number of nitrogens with two attached hydrogens (primary N) is 1. The van der Waals surface area contributed by atoms with Crippen LogP contribution in [0.15, 0.2) is 24.3 Å².